The molecule has 5 heteroatoms. The third-order valence-electron chi connectivity index (χ3n) is 1.98. The number of oxime groups is 1. The number of nitrogens with one attached hydrogen (secondary N) is 1. The Bertz CT molecular complexity index is 260. The highest BCUT2D eigenvalue weighted by Crippen LogP contribution is 2.09. The zero-order valence-corrected chi connectivity index (χ0v) is 7.41. The summed E-state index contributed by atoms with van der Waals surface area (Å²) in [7, 11) is 0. The SMILES string of the molecule is C/C(CC(=O)[C@@H]1CCC(=O)N1)=N\O. The molecular formula is C8H12N2O3. The Morgan fingerprint density at radius 1 is 1.77 bits per heavy atom. The van der Waals surface area contributed by atoms with E-state index in [1.807, 2.05) is 0 Å². The molecule has 13 heavy (non-hydrogen) atoms. The lowest BCUT2D eigenvalue weighted by atomic mass is 10.1. The van der Waals surface area contributed by atoms with Crippen molar-refractivity contribution in [1.82, 2.24) is 5.32 Å². The van der Waals surface area contributed by atoms with Crippen molar-refractivity contribution in [3.8, 4) is 0 Å². The summed E-state index contributed by atoms with van der Waals surface area (Å²) in [5, 5.41) is 13.8. The average Bonchev–Trinajstić information content (AvgIpc) is 2.51. The van der Waals surface area contributed by atoms with E-state index in [0.717, 1.165) is 0 Å². The smallest absolute Gasteiger partial charge is 0.220 e. The van der Waals surface area contributed by atoms with Gasteiger partial charge in [0.05, 0.1) is 11.8 Å². The number of nitrogens with zero attached hydrogens (tertiary/aromatic N) is 1. The minimum Gasteiger partial charge on any atom is -0.411 e. The van der Waals surface area contributed by atoms with Gasteiger partial charge in [-0.25, -0.2) is 0 Å². The van der Waals surface area contributed by atoms with Crippen LogP contribution in [0.15, 0.2) is 5.16 Å². The molecule has 1 aliphatic heterocycles. The van der Waals surface area contributed by atoms with Crippen molar-refractivity contribution in [2.45, 2.75) is 32.2 Å². The maximum Gasteiger partial charge on any atom is 0.220 e. The molecule has 0 unspecified atom stereocenters. The van der Waals surface area contributed by atoms with Gasteiger partial charge in [-0.1, -0.05) is 5.16 Å². The first kappa shape index (κ1) is 9.70. The average molecular weight is 184 g/mol. The molecule has 0 aromatic heterocycles. The minimum atomic E-state index is -0.385. The van der Waals surface area contributed by atoms with E-state index in [2.05, 4.69) is 10.5 Å². The van der Waals surface area contributed by atoms with Gasteiger partial charge in [0.25, 0.3) is 0 Å². The second-order valence-electron chi connectivity index (χ2n) is 3.14. The van der Waals surface area contributed by atoms with Crippen LogP contribution in [0.3, 0.4) is 0 Å². The topological polar surface area (TPSA) is 78.8 Å². The van der Waals surface area contributed by atoms with Gasteiger partial charge in [0.1, 0.15) is 0 Å². The Balaban J connectivity index is 2.45. The fourth-order valence-corrected chi connectivity index (χ4v) is 1.27. The van der Waals surface area contributed by atoms with E-state index in [0.29, 0.717) is 18.6 Å². The number of rotatable bonds is 3. The molecular weight excluding hydrogens is 172 g/mol. The van der Waals surface area contributed by atoms with Crippen LogP contribution < -0.4 is 5.32 Å². The summed E-state index contributed by atoms with van der Waals surface area (Å²) in [6.45, 7) is 1.56. The molecule has 1 saturated heterocycles. The maximum atomic E-state index is 11.4. The highest BCUT2D eigenvalue weighted by Gasteiger charge is 2.26. The Morgan fingerprint density at radius 2 is 2.46 bits per heavy atom. The summed E-state index contributed by atoms with van der Waals surface area (Å²) in [6.07, 6.45) is 1.06. The van der Waals surface area contributed by atoms with Crippen molar-refractivity contribution >= 4 is 17.4 Å². The van der Waals surface area contributed by atoms with Gasteiger partial charge in [-0.2, -0.15) is 0 Å². The molecule has 0 saturated carbocycles. The van der Waals surface area contributed by atoms with E-state index in [9.17, 15) is 9.59 Å². The van der Waals surface area contributed by atoms with Gasteiger partial charge >= 0.3 is 0 Å². The van der Waals surface area contributed by atoms with Gasteiger partial charge in [0.15, 0.2) is 5.78 Å². The number of hydrogen-bond donors (Lipinski definition) is 2. The van der Waals surface area contributed by atoms with Crippen molar-refractivity contribution in [1.29, 1.82) is 0 Å². The standard InChI is InChI=1S/C8H12N2O3/c1-5(10-13)4-7(11)6-2-3-8(12)9-6/h6,13H,2-4H2,1H3,(H,9,12)/b10-5+/t6-/m0/s1. The molecule has 1 rings (SSSR count). The Labute approximate surface area is 75.8 Å². The Kier molecular flexibility index (Phi) is 3.00. The van der Waals surface area contributed by atoms with Crippen LogP contribution in [0.5, 0.6) is 0 Å². The fourth-order valence-electron chi connectivity index (χ4n) is 1.27. The summed E-state index contributed by atoms with van der Waals surface area (Å²) in [4.78, 5) is 22.1. The van der Waals surface area contributed by atoms with Crippen molar-refractivity contribution in [2.24, 2.45) is 5.16 Å². The first-order valence-corrected chi connectivity index (χ1v) is 4.13. The molecule has 0 spiro atoms. The number of Topliss-reactive ketones (excluding diaryl/α,β-unsaturated/α-hetero) is 1. The first-order valence-electron chi connectivity index (χ1n) is 4.13. The van der Waals surface area contributed by atoms with Gasteiger partial charge < -0.3 is 10.5 Å². The van der Waals surface area contributed by atoms with Gasteiger partial charge in [0, 0.05) is 12.8 Å². The lowest BCUT2D eigenvalue weighted by molar-refractivity contribution is -0.123. The third kappa shape index (κ3) is 2.54. The van der Waals surface area contributed by atoms with Crippen LogP contribution in [0.4, 0.5) is 0 Å². The van der Waals surface area contributed by atoms with Crippen molar-refractivity contribution in [3.05, 3.63) is 0 Å². The number of carbonyl (C=O) groups is 2. The van der Waals surface area contributed by atoms with Crippen LogP contribution in [0.2, 0.25) is 0 Å². The Hall–Kier alpha value is -1.39. The molecule has 0 aromatic rings. The highest BCUT2D eigenvalue weighted by atomic mass is 16.4. The second-order valence-corrected chi connectivity index (χ2v) is 3.14. The minimum absolute atomic E-state index is 0.0862. The van der Waals surface area contributed by atoms with E-state index in [-0.39, 0.29) is 24.2 Å². The molecule has 0 bridgehead atoms. The summed E-state index contributed by atoms with van der Waals surface area (Å²) in [5.74, 6) is -0.182. The summed E-state index contributed by atoms with van der Waals surface area (Å²) in [5.41, 5.74) is 0.367. The quantitative estimate of drug-likeness (QED) is 0.370. The van der Waals surface area contributed by atoms with Gasteiger partial charge in [-0.05, 0) is 13.3 Å². The normalized spacial score (nSPS) is 23.0. The number of amides is 1. The van der Waals surface area contributed by atoms with E-state index in [1.165, 1.54) is 0 Å². The molecule has 2 N–H and O–H groups in total. The molecule has 1 fully saturated rings. The van der Waals surface area contributed by atoms with Crippen LogP contribution in [0.25, 0.3) is 0 Å². The summed E-state index contributed by atoms with van der Waals surface area (Å²) in [6, 6.07) is -0.385. The lowest BCUT2D eigenvalue weighted by Crippen LogP contribution is -2.33. The van der Waals surface area contributed by atoms with Crippen LogP contribution in [0.1, 0.15) is 26.2 Å². The molecule has 5 nitrogen and oxygen atoms in total. The predicted molar refractivity (Wildman–Crippen MR) is 45.7 cm³/mol. The summed E-state index contributed by atoms with van der Waals surface area (Å²) >= 11 is 0. The first-order chi connectivity index (χ1) is 6.13. The molecule has 0 aromatic carbocycles. The zero-order valence-electron chi connectivity index (χ0n) is 7.41. The van der Waals surface area contributed by atoms with Gasteiger partial charge in [0.2, 0.25) is 5.91 Å². The highest BCUT2D eigenvalue weighted by molar-refractivity contribution is 6.04. The fraction of sp³-hybridized carbons (Fsp3) is 0.625. The third-order valence-corrected chi connectivity index (χ3v) is 1.98. The van der Waals surface area contributed by atoms with E-state index in [1.54, 1.807) is 6.92 Å². The lowest BCUT2D eigenvalue weighted by Gasteiger charge is -2.06. The van der Waals surface area contributed by atoms with Crippen LogP contribution in [0, 0.1) is 0 Å². The summed E-state index contributed by atoms with van der Waals surface area (Å²) < 4.78 is 0. The molecule has 1 aliphatic rings. The van der Waals surface area contributed by atoms with E-state index >= 15 is 0 Å². The number of ketones is 1. The molecule has 72 valence electrons. The van der Waals surface area contributed by atoms with Crippen molar-refractivity contribution in [3.63, 3.8) is 0 Å². The Morgan fingerprint density at radius 3 is 2.92 bits per heavy atom. The van der Waals surface area contributed by atoms with Crippen molar-refractivity contribution < 1.29 is 14.8 Å². The predicted octanol–water partition coefficient (Wildman–Crippen LogP) is 0.0743. The van der Waals surface area contributed by atoms with Crippen LogP contribution in [-0.4, -0.2) is 28.7 Å². The number of hydrogen-bond acceptors (Lipinski definition) is 4. The van der Waals surface area contributed by atoms with Crippen LogP contribution in [-0.2, 0) is 9.59 Å². The second kappa shape index (κ2) is 4.02. The zero-order chi connectivity index (χ0) is 9.84. The molecule has 0 radical (unpaired) electrons. The van der Waals surface area contributed by atoms with Crippen LogP contribution >= 0.6 is 0 Å². The molecule has 0 aliphatic carbocycles. The van der Waals surface area contributed by atoms with Crippen molar-refractivity contribution in [2.75, 3.05) is 0 Å². The molecule has 1 amide bonds. The number of carbonyl (C=O) groups excluding carboxylic acids is 2. The molecule has 1 heterocycles. The maximum absolute atomic E-state index is 11.4. The van der Waals surface area contributed by atoms with E-state index < -0.39 is 0 Å². The largest absolute Gasteiger partial charge is 0.411 e. The van der Waals surface area contributed by atoms with Gasteiger partial charge in [-0.3, -0.25) is 9.59 Å². The molecule has 1 atom stereocenters. The monoisotopic (exact) mass is 184 g/mol. The van der Waals surface area contributed by atoms with E-state index in [4.69, 9.17) is 5.21 Å². The van der Waals surface area contributed by atoms with Gasteiger partial charge in [-0.15, -0.1) is 0 Å².